The van der Waals surface area contributed by atoms with E-state index in [1.54, 1.807) is 23.7 Å². The minimum atomic E-state index is 0.567. The van der Waals surface area contributed by atoms with Crippen LogP contribution in [0.25, 0.3) is 22.0 Å². The molecule has 0 radical (unpaired) electrons. The molecule has 0 saturated carbocycles. The smallest absolute Gasteiger partial charge is 0.223 e. The summed E-state index contributed by atoms with van der Waals surface area (Å²) >= 11 is 1.61. The lowest BCUT2D eigenvalue weighted by atomic mass is 10.2. The van der Waals surface area contributed by atoms with Crippen LogP contribution in [0.2, 0.25) is 0 Å². The Kier molecular flexibility index (Phi) is 4.43. The number of nitrogens with zero attached hydrogens (tertiary/aromatic N) is 4. The Bertz CT molecular complexity index is 954. The number of aromatic nitrogens is 4. The molecule has 0 aliphatic rings. The summed E-state index contributed by atoms with van der Waals surface area (Å²) in [6, 6.07) is 17.8. The second kappa shape index (κ2) is 7.19. The summed E-state index contributed by atoms with van der Waals surface area (Å²) in [5, 5.41) is 6.21. The van der Waals surface area contributed by atoms with Crippen LogP contribution in [0.4, 0.5) is 5.95 Å². The van der Waals surface area contributed by atoms with Crippen molar-refractivity contribution >= 4 is 17.3 Å². The first-order valence-electron chi connectivity index (χ1n) is 7.87. The highest BCUT2D eigenvalue weighted by Gasteiger charge is 2.08. The van der Waals surface area contributed by atoms with Crippen LogP contribution >= 0.6 is 11.3 Å². The van der Waals surface area contributed by atoms with Crippen molar-refractivity contribution in [3.63, 3.8) is 0 Å². The van der Waals surface area contributed by atoms with Crippen LogP contribution in [-0.2, 0) is 6.54 Å². The summed E-state index contributed by atoms with van der Waals surface area (Å²) in [7, 11) is 0. The zero-order valence-electron chi connectivity index (χ0n) is 13.3. The third-order valence-electron chi connectivity index (χ3n) is 3.60. The van der Waals surface area contributed by atoms with E-state index in [1.165, 1.54) is 0 Å². The Labute approximate surface area is 149 Å². The van der Waals surface area contributed by atoms with E-state index < -0.39 is 0 Å². The first-order valence-corrected chi connectivity index (χ1v) is 8.74. The van der Waals surface area contributed by atoms with Crippen molar-refractivity contribution in [3.8, 4) is 22.0 Å². The minimum absolute atomic E-state index is 0.567. The van der Waals surface area contributed by atoms with Crippen molar-refractivity contribution < 1.29 is 0 Å². The van der Waals surface area contributed by atoms with E-state index >= 15 is 0 Å². The summed E-state index contributed by atoms with van der Waals surface area (Å²) in [6.07, 6.45) is 3.51. The summed E-state index contributed by atoms with van der Waals surface area (Å²) < 4.78 is 0. The van der Waals surface area contributed by atoms with Crippen molar-refractivity contribution in [2.24, 2.45) is 0 Å². The predicted octanol–water partition coefficient (Wildman–Crippen LogP) is 4.27. The van der Waals surface area contributed by atoms with Gasteiger partial charge in [0.15, 0.2) is 0 Å². The molecule has 5 nitrogen and oxygen atoms in total. The van der Waals surface area contributed by atoms with Gasteiger partial charge in [-0.15, -0.1) is 11.3 Å². The Morgan fingerprint density at radius 2 is 1.68 bits per heavy atom. The Balaban J connectivity index is 1.52. The number of pyridine rings is 1. The molecule has 4 aromatic rings. The van der Waals surface area contributed by atoms with E-state index in [4.69, 9.17) is 4.98 Å². The average Bonchev–Trinajstić information content (AvgIpc) is 3.18. The van der Waals surface area contributed by atoms with Crippen LogP contribution < -0.4 is 5.32 Å². The van der Waals surface area contributed by atoms with Crippen molar-refractivity contribution in [2.75, 3.05) is 5.32 Å². The van der Waals surface area contributed by atoms with Gasteiger partial charge in [0.25, 0.3) is 0 Å². The lowest BCUT2D eigenvalue weighted by Crippen LogP contribution is -2.05. The molecular formula is C19H15N5S. The molecule has 1 N–H and O–H groups in total. The molecule has 0 atom stereocenters. The van der Waals surface area contributed by atoms with Gasteiger partial charge < -0.3 is 5.32 Å². The Morgan fingerprint density at radius 1 is 0.800 bits per heavy atom. The molecular weight excluding hydrogens is 330 g/mol. The molecule has 0 bridgehead atoms. The molecule has 3 heterocycles. The first kappa shape index (κ1) is 15.4. The summed E-state index contributed by atoms with van der Waals surface area (Å²) in [4.78, 5) is 17.8. The Hall–Kier alpha value is -3.12. The third-order valence-corrected chi connectivity index (χ3v) is 4.49. The average molecular weight is 345 g/mol. The highest BCUT2D eigenvalue weighted by Crippen LogP contribution is 2.27. The van der Waals surface area contributed by atoms with Gasteiger partial charge in [-0.05, 0) is 18.2 Å². The fourth-order valence-corrected chi connectivity index (χ4v) is 3.18. The maximum atomic E-state index is 4.70. The largest absolute Gasteiger partial charge is 0.349 e. The predicted molar refractivity (Wildman–Crippen MR) is 100 cm³/mol. The fourth-order valence-electron chi connectivity index (χ4n) is 2.36. The van der Waals surface area contributed by atoms with Gasteiger partial charge in [0, 0.05) is 23.3 Å². The van der Waals surface area contributed by atoms with Gasteiger partial charge in [-0.3, -0.25) is 4.98 Å². The number of benzene rings is 1. The normalized spacial score (nSPS) is 10.6. The van der Waals surface area contributed by atoms with Gasteiger partial charge in [-0.1, -0.05) is 36.4 Å². The molecule has 3 aromatic heterocycles. The fraction of sp³-hybridized carbons (Fsp3) is 0.0526. The van der Waals surface area contributed by atoms with Crippen LogP contribution in [0.1, 0.15) is 5.69 Å². The molecule has 1 aromatic carbocycles. The number of rotatable bonds is 5. The Morgan fingerprint density at radius 3 is 2.52 bits per heavy atom. The van der Waals surface area contributed by atoms with Crippen LogP contribution in [0.3, 0.4) is 0 Å². The van der Waals surface area contributed by atoms with Gasteiger partial charge in [-0.25, -0.2) is 15.0 Å². The van der Waals surface area contributed by atoms with E-state index in [9.17, 15) is 0 Å². The zero-order valence-corrected chi connectivity index (χ0v) is 14.1. The van der Waals surface area contributed by atoms with Gasteiger partial charge in [-0.2, -0.15) is 0 Å². The lowest BCUT2D eigenvalue weighted by molar-refractivity contribution is 1.00. The van der Waals surface area contributed by atoms with Gasteiger partial charge in [0.05, 0.1) is 17.9 Å². The van der Waals surface area contributed by atoms with Crippen molar-refractivity contribution in [3.05, 3.63) is 78.1 Å². The van der Waals surface area contributed by atoms with Crippen LogP contribution in [0.15, 0.2) is 72.4 Å². The van der Waals surface area contributed by atoms with Crippen LogP contribution in [0, 0.1) is 0 Å². The number of hydrogen-bond donors (Lipinski definition) is 1. The summed E-state index contributed by atoms with van der Waals surface area (Å²) in [5.74, 6) is 0.567. The molecule has 0 unspecified atom stereocenters. The molecule has 0 spiro atoms. The second-order valence-corrected chi connectivity index (χ2v) is 6.20. The minimum Gasteiger partial charge on any atom is -0.349 e. The first-order chi connectivity index (χ1) is 12.4. The van der Waals surface area contributed by atoms with E-state index in [0.717, 1.165) is 27.7 Å². The molecule has 0 amide bonds. The van der Waals surface area contributed by atoms with E-state index in [2.05, 4.69) is 32.4 Å². The quantitative estimate of drug-likeness (QED) is 0.585. The summed E-state index contributed by atoms with van der Waals surface area (Å²) in [5.41, 5.74) is 3.71. The SMILES string of the molecule is c1ccc(-c2nc(-c3ccnc(NCc4ccccn4)n3)cs2)cc1. The highest BCUT2D eigenvalue weighted by molar-refractivity contribution is 7.13. The number of hydrogen-bond acceptors (Lipinski definition) is 6. The molecule has 0 aliphatic carbocycles. The van der Waals surface area contributed by atoms with Crippen LogP contribution in [0.5, 0.6) is 0 Å². The molecule has 0 aliphatic heterocycles. The van der Waals surface area contributed by atoms with Crippen LogP contribution in [-0.4, -0.2) is 19.9 Å². The summed E-state index contributed by atoms with van der Waals surface area (Å²) in [6.45, 7) is 0.580. The van der Waals surface area contributed by atoms with Gasteiger partial charge in [0.1, 0.15) is 10.7 Å². The van der Waals surface area contributed by atoms with Crippen molar-refractivity contribution in [1.29, 1.82) is 0 Å². The van der Waals surface area contributed by atoms with E-state index in [0.29, 0.717) is 12.5 Å². The number of thiazole rings is 1. The standard InChI is InChI=1S/C19H15N5S/c1-2-6-14(7-3-1)18-23-17(13-25-18)16-9-11-21-19(24-16)22-12-15-8-4-5-10-20-15/h1-11,13H,12H2,(H,21,22,24). The van der Waals surface area contributed by atoms with E-state index in [-0.39, 0.29) is 0 Å². The number of anilines is 1. The van der Waals surface area contributed by atoms with Gasteiger partial charge >= 0.3 is 0 Å². The molecule has 6 heteroatoms. The molecule has 0 saturated heterocycles. The maximum Gasteiger partial charge on any atom is 0.223 e. The zero-order chi connectivity index (χ0) is 16.9. The molecule has 4 rings (SSSR count). The topological polar surface area (TPSA) is 63.6 Å². The number of nitrogens with one attached hydrogen (secondary N) is 1. The van der Waals surface area contributed by atoms with E-state index in [1.807, 2.05) is 47.8 Å². The molecule has 122 valence electrons. The highest BCUT2D eigenvalue weighted by atomic mass is 32.1. The monoisotopic (exact) mass is 345 g/mol. The van der Waals surface area contributed by atoms with Gasteiger partial charge in [0.2, 0.25) is 5.95 Å². The van der Waals surface area contributed by atoms with Crippen molar-refractivity contribution in [1.82, 2.24) is 19.9 Å². The third kappa shape index (κ3) is 3.70. The van der Waals surface area contributed by atoms with Crippen molar-refractivity contribution in [2.45, 2.75) is 6.54 Å². The molecule has 0 fully saturated rings. The lowest BCUT2D eigenvalue weighted by Gasteiger charge is -2.05. The maximum absolute atomic E-state index is 4.70. The molecule has 25 heavy (non-hydrogen) atoms. The second-order valence-electron chi connectivity index (χ2n) is 5.34.